The Morgan fingerprint density at radius 2 is 1.33 bits per heavy atom. The van der Waals surface area contributed by atoms with E-state index < -0.39 is 5.92 Å². The number of unbranched alkanes of at least 4 members (excludes halogenated alkanes) is 8. The first kappa shape index (κ1) is 20.3. The van der Waals surface area contributed by atoms with Gasteiger partial charge in [0.2, 0.25) is 5.92 Å². The van der Waals surface area contributed by atoms with Crippen LogP contribution in [-0.2, 0) is 9.53 Å². The summed E-state index contributed by atoms with van der Waals surface area (Å²) < 4.78 is 31.7. The van der Waals surface area contributed by atoms with Crippen LogP contribution in [0.2, 0.25) is 0 Å². The zero-order valence-corrected chi connectivity index (χ0v) is 13.8. The van der Waals surface area contributed by atoms with Crippen LogP contribution in [0.5, 0.6) is 0 Å². The molecule has 0 aliphatic heterocycles. The maximum atomic E-state index is 13.6. The van der Waals surface area contributed by atoms with Gasteiger partial charge in [0.25, 0.3) is 0 Å². The molecule has 0 aromatic heterocycles. The average molecular weight is 306 g/mol. The molecule has 0 bridgehead atoms. The van der Waals surface area contributed by atoms with Gasteiger partial charge in [-0.25, -0.2) is 8.78 Å². The van der Waals surface area contributed by atoms with E-state index in [4.69, 9.17) is 0 Å². The maximum Gasteiger partial charge on any atom is 0.305 e. The summed E-state index contributed by atoms with van der Waals surface area (Å²) in [5, 5.41) is 0. The molecule has 0 aromatic rings. The van der Waals surface area contributed by atoms with Crippen LogP contribution < -0.4 is 0 Å². The van der Waals surface area contributed by atoms with Gasteiger partial charge in [-0.05, 0) is 19.3 Å². The SMILES string of the molecule is CCCCCCCC(F)(F)CCCCCCCC(=O)OC. The molecule has 0 atom stereocenters. The number of ether oxygens (including phenoxy) is 1. The van der Waals surface area contributed by atoms with Crippen molar-refractivity contribution in [1.29, 1.82) is 0 Å². The lowest BCUT2D eigenvalue weighted by molar-refractivity contribution is -0.140. The molecule has 0 aliphatic rings. The zero-order chi connectivity index (χ0) is 16.0. The number of hydrogen-bond acceptors (Lipinski definition) is 2. The van der Waals surface area contributed by atoms with Gasteiger partial charge in [0.05, 0.1) is 7.11 Å². The number of alkyl halides is 2. The standard InChI is InChI=1S/C17H32F2O2/c1-3-4-5-8-11-14-17(18,19)15-12-9-6-7-10-13-16(20)21-2/h3-15H2,1-2H3. The van der Waals surface area contributed by atoms with Crippen molar-refractivity contribution >= 4 is 5.97 Å². The van der Waals surface area contributed by atoms with Crippen LogP contribution in [0.3, 0.4) is 0 Å². The largest absolute Gasteiger partial charge is 0.469 e. The predicted molar refractivity (Wildman–Crippen MR) is 82.7 cm³/mol. The number of halogens is 2. The highest BCUT2D eigenvalue weighted by Gasteiger charge is 2.26. The third kappa shape index (κ3) is 14.0. The quantitative estimate of drug-likeness (QED) is 0.295. The van der Waals surface area contributed by atoms with Gasteiger partial charge in [0.15, 0.2) is 0 Å². The lowest BCUT2D eigenvalue weighted by atomic mass is 10.0. The molecule has 0 saturated carbocycles. The van der Waals surface area contributed by atoms with Gasteiger partial charge in [-0.2, -0.15) is 0 Å². The van der Waals surface area contributed by atoms with Crippen molar-refractivity contribution in [3.05, 3.63) is 0 Å². The van der Waals surface area contributed by atoms with E-state index in [1.165, 1.54) is 7.11 Å². The lowest BCUT2D eigenvalue weighted by Crippen LogP contribution is -2.15. The minimum atomic E-state index is -2.49. The molecule has 0 unspecified atom stereocenters. The number of methoxy groups -OCH3 is 1. The fourth-order valence-corrected chi connectivity index (χ4v) is 2.40. The molecule has 0 N–H and O–H groups in total. The minimum absolute atomic E-state index is 0.0117. The van der Waals surface area contributed by atoms with Crippen LogP contribution in [0.1, 0.15) is 90.4 Å². The van der Waals surface area contributed by atoms with E-state index in [0.717, 1.165) is 51.4 Å². The normalized spacial score (nSPS) is 11.6. The van der Waals surface area contributed by atoms with Crippen LogP contribution in [0.25, 0.3) is 0 Å². The summed E-state index contributed by atoms with van der Waals surface area (Å²) in [6.07, 6.45) is 9.47. The topological polar surface area (TPSA) is 26.3 Å². The molecular formula is C17H32F2O2. The summed E-state index contributed by atoms with van der Waals surface area (Å²) in [5.74, 6) is -2.68. The molecule has 4 heteroatoms. The van der Waals surface area contributed by atoms with Gasteiger partial charge in [-0.15, -0.1) is 0 Å². The zero-order valence-electron chi connectivity index (χ0n) is 13.8. The molecule has 0 fully saturated rings. The average Bonchev–Trinajstić information content (AvgIpc) is 2.45. The summed E-state index contributed by atoms with van der Waals surface area (Å²) >= 11 is 0. The molecule has 126 valence electrons. The lowest BCUT2D eigenvalue weighted by Gasteiger charge is -2.16. The Balaban J connectivity index is 3.41. The Morgan fingerprint density at radius 1 is 0.857 bits per heavy atom. The Bertz CT molecular complexity index is 255. The summed E-state index contributed by atoms with van der Waals surface area (Å²) in [6, 6.07) is 0. The summed E-state index contributed by atoms with van der Waals surface area (Å²) in [5.41, 5.74) is 0. The van der Waals surface area contributed by atoms with Crippen LogP contribution in [0, 0.1) is 0 Å². The highest BCUT2D eigenvalue weighted by Crippen LogP contribution is 2.28. The molecule has 0 aliphatic carbocycles. The minimum Gasteiger partial charge on any atom is -0.469 e. The van der Waals surface area contributed by atoms with Gasteiger partial charge in [0, 0.05) is 19.3 Å². The number of rotatable bonds is 14. The van der Waals surface area contributed by atoms with Gasteiger partial charge in [0.1, 0.15) is 0 Å². The predicted octanol–water partition coefficient (Wildman–Crippen LogP) is 5.89. The van der Waals surface area contributed by atoms with Crippen LogP contribution in [0.4, 0.5) is 8.78 Å². The summed E-state index contributed by atoms with van der Waals surface area (Å²) in [6.45, 7) is 2.12. The van der Waals surface area contributed by atoms with Crippen molar-refractivity contribution in [1.82, 2.24) is 0 Å². The monoisotopic (exact) mass is 306 g/mol. The first-order valence-electron chi connectivity index (χ1n) is 8.46. The van der Waals surface area contributed by atoms with E-state index in [0.29, 0.717) is 19.3 Å². The van der Waals surface area contributed by atoms with Crippen molar-refractivity contribution in [2.45, 2.75) is 96.3 Å². The van der Waals surface area contributed by atoms with Crippen LogP contribution >= 0.6 is 0 Å². The highest BCUT2D eigenvalue weighted by atomic mass is 19.3. The molecule has 21 heavy (non-hydrogen) atoms. The summed E-state index contributed by atoms with van der Waals surface area (Å²) in [7, 11) is 1.38. The molecule has 0 amide bonds. The fraction of sp³-hybridized carbons (Fsp3) is 0.941. The van der Waals surface area contributed by atoms with Crippen molar-refractivity contribution in [3.8, 4) is 0 Å². The molecule has 0 radical (unpaired) electrons. The first-order chi connectivity index (χ1) is 10.0. The number of esters is 1. The third-order valence-electron chi connectivity index (χ3n) is 3.80. The summed E-state index contributed by atoms with van der Waals surface area (Å²) in [4.78, 5) is 10.9. The Hall–Kier alpha value is -0.670. The van der Waals surface area contributed by atoms with Crippen molar-refractivity contribution in [2.24, 2.45) is 0 Å². The fourth-order valence-electron chi connectivity index (χ4n) is 2.40. The van der Waals surface area contributed by atoms with Gasteiger partial charge in [-0.1, -0.05) is 51.9 Å². The molecule has 0 saturated heterocycles. The Morgan fingerprint density at radius 3 is 1.86 bits per heavy atom. The van der Waals surface area contributed by atoms with Crippen LogP contribution in [0.15, 0.2) is 0 Å². The molecule has 2 nitrogen and oxygen atoms in total. The molecule has 0 aromatic carbocycles. The molecule has 0 rings (SSSR count). The van der Waals surface area contributed by atoms with E-state index in [1.807, 2.05) is 0 Å². The second-order valence-electron chi connectivity index (χ2n) is 5.86. The van der Waals surface area contributed by atoms with Crippen LogP contribution in [-0.4, -0.2) is 19.0 Å². The van der Waals surface area contributed by atoms with Gasteiger partial charge in [-0.3, -0.25) is 4.79 Å². The molecule has 0 heterocycles. The number of carbonyl (C=O) groups is 1. The van der Waals surface area contributed by atoms with E-state index in [9.17, 15) is 13.6 Å². The second-order valence-corrected chi connectivity index (χ2v) is 5.86. The molecule has 0 spiro atoms. The van der Waals surface area contributed by atoms with Crippen molar-refractivity contribution in [3.63, 3.8) is 0 Å². The van der Waals surface area contributed by atoms with E-state index in [2.05, 4.69) is 11.7 Å². The maximum absolute atomic E-state index is 13.6. The van der Waals surface area contributed by atoms with Gasteiger partial charge >= 0.3 is 5.97 Å². The third-order valence-corrected chi connectivity index (χ3v) is 3.80. The van der Waals surface area contributed by atoms with Gasteiger partial charge < -0.3 is 4.74 Å². The first-order valence-corrected chi connectivity index (χ1v) is 8.46. The Kier molecular flexibility index (Phi) is 12.6. The van der Waals surface area contributed by atoms with E-state index in [-0.39, 0.29) is 18.8 Å². The smallest absolute Gasteiger partial charge is 0.305 e. The number of carbonyl (C=O) groups excluding carboxylic acids is 1. The number of hydrogen-bond donors (Lipinski definition) is 0. The highest BCUT2D eigenvalue weighted by molar-refractivity contribution is 5.68. The second kappa shape index (κ2) is 13.0. The van der Waals surface area contributed by atoms with Crippen molar-refractivity contribution < 1.29 is 18.3 Å². The van der Waals surface area contributed by atoms with Crippen molar-refractivity contribution in [2.75, 3.05) is 7.11 Å². The Labute approximate surface area is 128 Å². The van der Waals surface area contributed by atoms with E-state index in [1.54, 1.807) is 0 Å². The molecular weight excluding hydrogens is 274 g/mol. The van der Waals surface area contributed by atoms with E-state index >= 15 is 0 Å².